The van der Waals surface area contributed by atoms with Gasteiger partial charge in [0.05, 0.1) is 12.7 Å². The number of rotatable bonds is 5. The summed E-state index contributed by atoms with van der Waals surface area (Å²) in [4.78, 5) is 29.4. The minimum absolute atomic E-state index is 0.0902. The smallest absolute Gasteiger partial charge is 0.363 e. The number of carbonyl (C=O) groups is 2. The van der Waals surface area contributed by atoms with Gasteiger partial charge in [0, 0.05) is 11.1 Å². The summed E-state index contributed by atoms with van der Waals surface area (Å²) in [7, 11) is 1.57. The van der Waals surface area contributed by atoms with Gasteiger partial charge in [-0.1, -0.05) is 18.2 Å². The third-order valence-corrected chi connectivity index (χ3v) is 4.98. The molecule has 8 nitrogen and oxygen atoms in total. The molecule has 0 spiro atoms. The standard InChI is InChI=1S/C25H17NO7/c1-29-18-9-6-15(7-10-18)23-26-19(25(28)33-23)12-16-4-2-3-5-20(16)32-24(27)17-8-11-21-22(13-17)31-14-30-21/h2-13H,14H2,1H3/b19-12-. The maximum atomic E-state index is 12.7. The van der Waals surface area contributed by atoms with E-state index in [0.29, 0.717) is 33.9 Å². The van der Waals surface area contributed by atoms with Crippen molar-refractivity contribution in [2.24, 2.45) is 4.99 Å². The van der Waals surface area contributed by atoms with E-state index in [0.717, 1.165) is 0 Å². The zero-order valence-corrected chi connectivity index (χ0v) is 17.4. The van der Waals surface area contributed by atoms with E-state index in [9.17, 15) is 9.59 Å². The summed E-state index contributed by atoms with van der Waals surface area (Å²) in [6.45, 7) is 0.110. The fourth-order valence-corrected chi connectivity index (χ4v) is 3.29. The van der Waals surface area contributed by atoms with Crippen LogP contribution in [0.25, 0.3) is 6.08 Å². The summed E-state index contributed by atoms with van der Waals surface area (Å²) >= 11 is 0. The summed E-state index contributed by atoms with van der Waals surface area (Å²) in [6.07, 6.45) is 1.51. The number of aliphatic imine (C=N–C) groups is 1. The molecule has 3 aromatic carbocycles. The number of carbonyl (C=O) groups excluding carboxylic acids is 2. The summed E-state index contributed by atoms with van der Waals surface area (Å²) in [5, 5.41) is 0. The lowest BCUT2D eigenvalue weighted by molar-refractivity contribution is -0.129. The second kappa shape index (κ2) is 8.51. The van der Waals surface area contributed by atoms with Crippen molar-refractivity contribution in [2.45, 2.75) is 0 Å². The van der Waals surface area contributed by atoms with E-state index in [-0.39, 0.29) is 24.1 Å². The number of esters is 2. The fraction of sp³-hybridized carbons (Fsp3) is 0.0800. The van der Waals surface area contributed by atoms with Crippen LogP contribution < -0.4 is 18.9 Å². The molecule has 8 heteroatoms. The molecule has 2 aliphatic rings. The van der Waals surface area contributed by atoms with E-state index in [1.807, 2.05) is 0 Å². The van der Waals surface area contributed by atoms with Crippen molar-refractivity contribution in [2.75, 3.05) is 13.9 Å². The van der Waals surface area contributed by atoms with Crippen LogP contribution in [-0.2, 0) is 9.53 Å². The highest BCUT2D eigenvalue weighted by Gasteiger charge is 2.25. The Hall–Kier alpha value is -4.59. The van der Waals surface area contributed by atoms with E-state index in [4.69, 9.17) is 23.7 Å². The largest absolute Gasteiger partial charge is 0.497 e. The third-order valence-electron chi connectivity index (χ3n) is 4.98. The van der Waals surface area contributed by atoms with Crippen LogP contribution >= 0.6 is 0 Å². The third kappa shape index (κ3) is 4.14. The number of cyclic esters (lactones) is 1. The molecule has 2 aliphatic heterocycles. The number of hydrogen-bond donors (Lipinski definition) is 0. The quantitative estimate of drug-likeness (QED) is 0.334. The maximum absolute atomic E-state index is 12.7. The molecule has 0 saturated heterocycles. The first-order valence-electron chi connectivity index (χ1n) is 9.98. The minimum Gasteiger partial charge on any atom is -0.497 e. The Labute approximate surface area is 188 Å². The van der Waals surface area contributed by atoms with Gasteiger partial charge in [0.2, 0.25) is 12.7 Å². The zero-order valence-electron chi connectivity index (χ0n) is 17.4. The van der Waals surface area contributed by atoms with Gasteiger partial charge in [-0.3, -0.25) is 0 Å². The van der Waals surface area contributed by atoms with Crippen LogP contribution in [-0.4, -0.2) is 31.7 Å². The number of methoxy groups -OCH3 is 1. The lowest BCUT2D eigenvalue weighted by Crippen LogP contribution is -2.09. The molecule has 0 aliphatic carbocycles. The van der Waals surface area contributed by atoms with Gasteiger partial charge >= 0.3 is 11.9 Å². The first-order chi connectivity index (χ1) is 16.1. The number of fused-ring (bicyclic) bond motifs is 1. The second-order valence-electron chi connectivity index (χ2n) is 7.06. The van der Waals surface area contributed by atoms with E-state index in [1.54, 1.807) is 73.8 Å². The van der Waals surface area contributed by atoms with Crippen LogP contribution in [0.5, 0.6) is 23.0 Å². The number of nitrogens with zero attached hydrogens (tertiary/aromatic N) is 1. The van der Waals surface area contributed by atoms with Gasteiger partial charge < -0.3 is 23.7 Å². The Bertz CT molecular complexity index is 1310. The minimum atomic E-state index is -0.599. The van der Waals surface area contributed by atoms with Crippen molar-refractivity contribution < 1.29 is 33.3 Å². The van der Waals surface area contributed by atoms with Crippen LogP contribution in [0.15, 0.2) is 77.4 Å². The maximum Gasteiger partial charge on any atom is 0.363 e. The Balaban J connectivity index is 1.39. The Kier molecular flexibility index (Phi) is 5.24. The molecule has 0 bridgehead atoms. The van der Waals surface area contributed by atoms with Crippen molar-refractivity contribution in [1.82, 2.24) is 0 Å². The van der Waals surface area contributed by atoms with Crippen LogP contribution in [0.2, 0.25) is 0 Å². The predicted molar refractivity (Wildman–Crippen MR) is 118 cm³/mol. The molecule has 0 saturated carbocycles. The average molecular weight is 443 g/mol. The molecule has 0 radical (unpaired) electrons. The van der Waals surface area contributed by atoms with E-state index < -0.39 is 11.9 Å². The Morgan fingerprint density at radius 3 is 2.61 bits per heavy atom. The summed E-state index contributed by atoms with van der Waals surface area (Å²) < 4.78 is 26.6. The molecular formula is C25H17NO7. The molecule has 0 aromatic heterocycles. The first kappa shape index (κ1) is 20.3. The van der Waals surface area contributed by atoms with Gasteiger partial charge in [-0.05, 0) is 54.6 Å². The number of hydrogen-bond acceptors (Lipinski definition) is 8. The molecular weight excluding hydrogens is 426 g/mol. The molecule has 33 heavy (non-hydrogen) atoms. The number of ether oxygens (including phenoxy) is 5. The van der Waals surface area contributed by atoms with Gasteiger partial charge in [0.25, 0.3) is 0 Å². The molecule has 0 N–H and O–H groups in total. The van der Waals surface area contributed by atoms with Gasteiger partial charge in [0.15, 0.2) is 17.2 Å². The fourth-order valence-electron chi connectivity index (χ4n) is 3.29. The zero-order chi connectivity index (χ0) is 22.8. The molecule has 3 aromatic rings. The topological polar surface area (TPSA) is 92.7 Å². The molecule has 0 amide bonds. The SMILES string of the molecule is COc1ccc(C2=N/C(=C\c3ccccc3OC(=O)c3ccc4c(c3)OCO4)C(=O)O2)cc1. The lowest BCUT2D eigenvalue weighted by atomic mass is 10.1. The molecule has 0 atom stereocenters. The highest BCUT2D eigenvalue weighted by atomic mass is 16.7. The second-order valence-corrected chi connectivity index (χ2v) is 7.06. The number of benzene rings is 3. The summed E-state index contributed by atoms with van der Waals surface area (Å²) in [6, 6.07) is 18.6. The molecule has 0 fully saturated rings. The average Bonchev–Trinajstić information content (AvgIpc) is 3.46. The van der Waals surface area contributed by atoms with Crippen molar-refractivity contribution in [3.8, 4) is 23.0 Å². The first-order valence-corrected chi connectivity index (χ1v) is 9.98. The van der Waals surface area contributed by atoms with Crippen LogP contribution in [0.4, 0.5) is 0 Å². The van der Waals surface area contributed by atoms with Crippen LogP contribution in [0, 0.1) is 0 Å². The predicted octanol–water partition coefficient (Wildman–Crippen LogP) is 3.99. The van der Waals surface area contributed by atoms with E-state index in [1.165, 1.54) is 6.08 Å². The number of para-hydroxylation sites is 1. The van der Waals surface area contributed by atoms with Crippen LogP contribution in [0.1, 0.15) is 21.5 Å². The van der Waals surface area contributed by atoms with Crippen molar-refractivity contribution in [3.05, 3.63) is 89.1 Å². The van der Waals surface area contributed by atoms with Crippen molar-refractivity contribution in [3.63, 3.8) is 0 Å². The summed E-state index contributed by atoms with van der Waals surface area (Å²) in [5.41, 5.74) is 1.53. The van der Waals surface area contributed by atoms with Crippen LogP contribution in [0.3, 0.4) is 0 Å². The molecule has 164 valence electrons. The van der Waals surface area contributed by atoms with E-state index >= 15 is 0 Å². The lowest BCUT2D eigenvalue weighted by Gasteiger charge is -2.08. The normalized spacial score (nSPS) is 15.2. The van der Waals surface area contributed by atoms with Gasteiger partial charge in [-0.25, -0.2) is 14.6 Å². The van der Waals surface area contributed by atoms with Gasteiger partial charge in [0.1, 0.15) is 11.5 Å². The molecule has 2 heterocycles. The highest BCUT2D eigenvalue weighted by Crippen LogP contribution is 2.33. The van der Waals surface area contributed by atoms with Crippen molar-refractivity contribution >= 4 is 23.9 Å². The Morgan fingerprint density at radius 2 is 1.79 bits per heavy atom. The van der Waals surface area contributed by atoms with E-state index in [2.05, 4.69) is 4.99 Å². The summed E-state index contributed by atoms with van der Waals surface area (Å²) in [5.74, 6) is 1.01. The molecule has 5 rings (SSSR count). The van der Waals surface area contributed by atoms with Gasteiger partial charge in [-0.15, -0.1) is 0 Å². The monoisotopic (exact) mass is 443 g/mol. The van der Waals surface area contributed by atoms with Gasteiger partial charge in [-0.2, -0.15) is 0 Å². The molecule has 0 unspecified atom stereocenters. The highest BCUT2D eigenvalue weighted by molar-refractivity contribution is 6.13. The van der Waals surface area contributed by atoms with Crippen molar-refractivity contribution in [1.29, 1.82) is 0 Å². The Morgan fingerprint density at radius 1 is 1.00 bits per heavy atom.